The summed E-state index contributed by atoms with van der Waals surface area (Å²) in [5.74, 6) is -0.985. The van der Waals surface area contributed by atoms with Crippen molar-refractivity contribution >= 4 is 0 Å². The molecule has 0 N–H and O–H groups in total. The van der Waals surface area contributed by atoms with Gasteiger partial charge in [-0.05, 0) is 19.8 Å². The molecule has 4 nitrogen and oxygen atoms in total. The highest BCUT2D eigenvalue weighted by Crippen LogP contribution is 2.43. The monoisotopic (exact) mass is 344 g/mol. The summed E-state index contributed by atoms with van der Waals surface area (Å²) >= 11 is 0. The van der Waals surface area contributed by atoms with Crippen molar-refractivity contribution in [3.05, 3.63) is 12.3 Å². The molecule has 0 spiro atoms. The Morgan fingerprint density at radius 3 is 1.92 bits per heavy atom. The van der Waals surface area contributed by atoms with E-state index in [1.54, 1.807) is 27.6 Å². The Bertz CT molecular complexity index is 317. The van der Waals surface area contributed by atoms with Gasteiger partial charge in [-0.15, -0.1) is 0 Å². The van der Waals surface area contributed by atoms with E-state index in [2.05, 4.69) is 20.8 Å². The quantitative estimate of drug-likeness (QED) is 0.218. The third-order valence-electron chi connectivity index (χ3n) is 4.90. The zero-order valence-corrected chi connectivity index (χ0v) is 17.0. The number of rotatable bonds is 15. The van der Waals surface area contributed by atoms with Crippen molar-refractivity contribution < 1.29 is 18.9 Å². The fraction of sp³-hybridized carbons (Fsp3) is 0.900. The maximum absolute atomic E-state index is 6.24. The molecule has 4 heteroatoms. The summed E-state index contributed by atoms with van der Waals surface area (Å²) in [4.78, 5) is 0. The second-order valence-electron chi connectivity index (χ2n) is 6.50. The van der Waals surface area contributed by atoms with Gasteiger partial charge in [-0.1, -0.05) is 65.4 Å². The van der Waals surface area contributed by atoms with Gasteiger partial charge < -0.3 is 18.9 Å². The molecule has 0 aromatic rings. The van der Waals surface area contributed by atoms with Gasteiger partial charge in [0.05, 0.1) is 6.26 Å². The van der Waals surface area contributed by atoms with Gasteiger partial charge >= 0.3 is 5.97 Å². The summed E-state index contributed by atoms with van der Waals surface area (Å²) in [6, 6.07) is 0. The van der Waals surface area contributed by atoms with E-state index in [-0.39, 0.29) is 5.92 Å². The van der Waals surface area contributed by atoms with E-state index in [9.17, 15) is 0 Å². The lowest BCUT2D eigenvalue weighted by molar-refractivity contribution is -0.430. The number of unbranched alkanes of at least 4 members (excludes halogenated alkanes) is 4. The first kappa shape index (κ1) is 23.4. The number of allylic oxidation sites excluding steroid dienone is 1. The summed E-state index contributed by atoms with van der Waals surface area (Å²) < 4.78 is 23.4. The maximum atomic E-state index is 6.24. The Balaban J connectivity index is 5.39. The Kier molecular flexibility index (Phi) is 12.4. The fourth-order valence-electron chi connectivity index (χ4n) is 3.56. The molecule has 0 saturated heterocycles. The van der Waals surface area contributed by atoms with E-state index < -0.39 is 11.6 Å². The lowest BCUT2D eigenvalue weighted by Gasteiger charge is -2.49. The molecule has 24 heavy (non-hydrogen) atoms. The molecule has 0 fully saturated rings. The van der Waals surface area contributed by atoms with E-state index in [0.717, 1.165) is 19.3 Å². The highest BCUT2D eigenvalue weighted by Gasteiger charge is 2.58. The first-order valence-corrected chi connectivity index (χ1v) is 9.48. The minimum Gasteiger partial charge on any atom is -0.486 e. The standard InChI is InChI=1S/C20H40O4/c1-8-11-12-13-14-15-18(4)19(16-9-2,24-17-10-3)20(21-5,22-6)23-7/h10,17-18H,8-9,11-16H2,1-7H3/t18?,19-/m1/s1. The number of methoxy groups -OCH3 is 3. The molecule has 0 aliphatic carbocycles. The highest BCUT2D eigenvalue weighted by molar-refractivity contribution is 4.97. The smallest absolute Gasteiger partial charge is 0.324 e. The van der Waals surface area contributed by atoms with Crippen molar-refractivity contribution in [1.82, 2.24) is 0 Å². The minimum atomic E-state index is -1.22. The second-order valence-corrected chi connectivity index (χ2v) is 6.50. The van der Waals surface area contributed by atoms with Gasteiger partial charge in [0.15, 0.2) is 5.60 Å². The third-order valence-corrected chi connectivity index (χ3v) is 4.90. The van der Waals surface area contributed by atoms with Crippen molar-refractivity contribution in [2.75, 3.05) is 21.3 Å². The van der Waals surface area contributed by atoms with E-state index >= 15 is 0 Å². The van der Waals surface area contributed by atoms with Crippen LogP contribution >= 0.6 is 0 Å². The molecule has 2 atom stereocenters. The molecule has 0 aromatic carbocycles. The lowest BCUT2D eigenvalue weighted by Crippen LogP contribution is -2.62. The Labute approximate surface area is 149 Å². The molecule has 0 radical (unpaired) electrons. The first-order chi connectivity index (χ1) is 11.5. The summed E-state index contributed by atoms with van der Waals surface area (Å²) in [6.07, 6.45) is 12.7. The van der Waals surface area contributed by atoms with Crippen molar-refractivity contribution in [1.29, 1.82) is 0 Å². The molecule has 0 heterocycles. The van der Waals surface area contributed by atoms with Crippen LogP contribution < -0.4 is 0 Å². The fourth-order valence-corrected chi connectivity index (χ4v) is 3.56. The van der Waals surface area contributed by atoms with Crippen molar-refractivity contribution in [2.24, 2.45) is 5.92 Å². The first-order valence-electron chi connectivity index (χ1n) is 9.48. The summed E-state index contributed by atoms with van der Waals surface area (Å²) in [5, 5.41) is 0. The molecule has 0 saturated carbocycles. The van der Waals surface area contributed by atoms with E-state index in [1.807, 2.05) is 13.0 Å². The van der Waals surface area contributed by atoms with Gasteiger partial charge in [0.2, 0.25) is 0 Å². The zero-order valence-electron chi connectivity index (χ0n) is 17.0. The van der Waals surface area contributed by atoms with Gasteiger partial charge in [-0.2, -0.15) is 0 Å². The van der Waals surface area contributed by atoms with Crippen molar-refractivity contribution in [2.45, 2.75) is 90.6 Å². The maximum Gasteiger partial charge on any atom is 0.324 e. The molecule has 0 rings (SSSR count). The normalized spacial score (nSPS) is 16.3. The number of ether oxygens (including phenoxy) is 4. The molecular formula is C20H40O4. The predicted molar refractivity (Wildman–Crippen MR) is 99.8 cm³/mol. The zero-order chi connectivity index (χ0) is 18.5. The Morgan fingerprint density at radius 2 is 1.46 bits per heavy atom. The van der Waals surface area contributed by atoms with Crippen molar-refractivity contribution in [3.63, 3.8) is 0 Å². The van der Waals surface area contributed by atoms with E-state index in [4.69, 9.17) is 18.9 Å². The molecule has 144 valence electrons. The van der Waals surface area contributed by atoms with Crippen LogP contribution in [0.4, 0.5) is 0 Å². The van der Waals surface area contributed by atoms with Crippen molar-refractivity contribution in [3.8, 4) is 0 Å². The predicted octanol–water partition coefficient (Wildman–Crippen LogP) is 5.67. The van der Waals surface area contributed by atoms with Gasteiger partial charge in [0.1, 0.15) is 0 Å². The van der Waals surface area contributed by atoms with Gasteiger partial charge in [0.25, 0.3) is 0 Å². The van der Waals surface area contributed by atoms with E-state index in [0.29, 0.717) is 0 Å². The molecule has 0 aliphatic heterocycles. The molecule has 0 bridgehead atoms. The Hall–Kier alpha value is -0.580. The average Bonchev–Trinajstić information content (AvgIpc) is 2.60. The Morgan fingerprint density at radius 1 is 0.875 bits per heavy atom. The SMILES string of the molecule is CC=CO[C@](CCC)(C(C)CCCCCCC)C(OC)(OC)OC. The van der Waals surface area contributed by atoms with Crippen LogP contribution in [0, 0.1) is 5.92 Å². The topological polar surface area (TPSA) is 36.9 Å². The molecule has 0 amide bonds. The van der Waals surface area contributed by atoms with Crippen LogP contribution in [0.3, 0.4) is 0 Å². The van der Waals surface area contributed by atoms with Gasteiger partial charge in [-0.25, -0.2) is 0 Å². The lowest BCUT2D eigenvalue weighted by atomic mass is 9.78. The van der Waals surface area contributed by atoms with Crippen LogP contribution in [-0.4, -0.2) is 32.9 Å². The van der Waals surface area contributed by atoms with Crippen LogP contribution in [0.15, 0.2) is 12.3 Å². The molecule has 0 aliphatic rings. The van der Waals surface area contributed by atoms with Crippen LogP contribution in [0.1, 0.15) is 79.1 Å². The summed E-state index contributed by atoms with van der Waals surface area (Å²) in [6.45, 7) is 8.54. The highest BCUT2D eigenvalue weighted by atomic mass is 16.9. The average molecular weight is 345 g/mol. The van der Waals surface area contributed by atoms with Crippen LogP contribution in [0.25, 0.3) is 0 Å². The van der Waals surface area contributed by atoms with Gasteiger partial charge in [-0.3, -0.25) is 0 Å². The largest absolute Gasteiger partial charge is 0.486 e. The summed E-state index contributed by atoms with van der Waals surface area (Å²) in [7, 11) is 4.85. The second kappa shape index (κ2) is 12.7. The van der Waals surface area contributed by atoms with Crippen LogP contribution in [0.2, 0.25) is 0 Å². The van der Waals surface area contributed by atoms with Gasteiger partial charge in [0, 0.05) is 27.2 Å². The molecule has 0 aromatic heterocycles. The summed E-state index contributed by atoms with van der Waals surface area (Å²) in [5.41, 5.74) is -0.683. The van der Waals surface area contributed by atoms with Crippen LogP contribution in [-0.2, 0) is 18.9 Å². The number of hydrogen-bond donors (Lipinski definition) is 0. The molecule has 1 unspecified atom stereocenters. The number of hydrogen-bond acceptors (Lipinski definition) is 4. The third kappa shape index (κ3) is 5.75. The minimum absolute atomic E-state index is 0.232. The van der Waals surface area contributed by atoms with Crippen LogP contribution in [0.5, 0.6) is 0 Å². The van der Waals surface area contributed by atoms with E-state index in [1.165, 1.54) is 32.1 Å². The molecular weight excluding hydrogens is 304 g/mol.